The maximum Gasteiger partial charge on any atom is 0.490 e. The molecular weight excluding hydrogens is 545 g/mol. The van der Waals surface area contributed by atoms with Crippen LogP contribution in [0.2, 0.25) is 0 Å². The fraction of sp³-hybridized carbons (Fsp3) is 0.231. The molecule has 2 aromatic heterocycles. The number of pyridine rings is 1. The van der Waals surface area contributed by atoms with Gasteiger partial charge in [0.1, 0.15) is 5.01 Å². The molecule has 0 bridgehead atoms. The minimum absolute atomic E-state index is 0.0525. The van der Waals surface area contributed by atoms with Crippen molar-refractivity contribution in [2.45, 2.75) is 24.6 Å². The number of fused-ring (bicyclic) bond motifs is 1. The van der Waals surface area contributed by atoms with Crippen molar-refractivity contribution >= 4 is 34.1 Å². The van der Waals surface area contributed by atoms with E-state index in [9.17, 15) is 26.7 Å². The summed E-state index contributed by atoms with van der Waals surface area (Å²) in [4.78, 5) is 32.2. The first-order valence-corrected chi connectivity index (χ1v) is 12.3. The molecule has 3 heterocycles. The van der Waals surface area contributed by atoms with Crippen molar-refractivity contribution in [3.8, 4) is 16.5 Å². The van der Waals surface area contributed by atoms with Crippen LogP contribution in [0.25, 0.3) is 21.5 Å². The molecular formula is C26H20F5N3O4S. The molecule has 5 rings (SSSR count). The van der Waals surface area contributed by atoms with E-state index in [1.54, 1.807) is 36.5 Å². The van der Waals surface area contributed by atoms with Crippen LogP contribution in [0.1, 0.15) is 16.8 Å². The van der Waals surface area contributed by atoms with Crippen molar-refractivity contribution in [1.82, 2.24) is 14.9 Å². The zero-order valence-corrected chi connectivity index (χ0v) is 20.8. The molecule has 1 unspecified atom stereocenters. The summed E-state index contributed by atoms with van der Waals surface area (Å²) in [5.74, 6) is -6.02. The number of benzene rings is 2. The van der Waals surface area contributed by atoms with E-state index in [-0.39, 0.29) is 24.9 Å². The number of carboxylic acid groups (broad SMARTS) is 1. The molecule has 1 aliphatic heterocycles. The fourth-order valence-electron chi connectivity index (χ4n) is 3.82. The second-order valence-corrected chi connectivity index (χ2v) is 9.29. The average molecular weight is 566 g/mol. The van der Waals surface area contributed by atoms with E-state index in [0.717, 1.165) is 5.39 Å². The normalized spacial score (nSPS) is 16.7. The van der Waals surface area contributed by atoms with Gasteiger partial charge in [-0.15, -0.1) is 11.3 Å². The van der Waals surface area contributed by atoms with Gasteiger partial charge in [0, 0.05) is 47.1 Å². The van der Waals surface area contributed by atoms with E-state index < -0.39 is 30.6 Å². The van der Waals surface area contributed by atoms with Gasteiger partial charge in [-0.25, -0.2) is 23.5 Å². The van der Waals surface area contributed by atoms with Crippen LogP contribution in [-0.4, -0.2) is 63.1 Å². The number of likely N-dealkylation sites (tertiary alicyclic amines) is 1. The second kappa shape index (κ2) is 11.3. The topological polar surface area (TPSA) is 92.6 Å². The van der Waals surface area contributed by atoms with Gasteiger partial charge in [-0.1, -0.05) is 36.4 Å². The Morgan fingerprint density at radius 1 is 1.05 bits per heavy atom. The maximum atomic E-state index is 14.7. The van der Waals surface area contributed by atoms with Crippen LogP contribution in [0.3, 0.4) is 0 Å². The van der Waals surface area contributed by atoms with Gasteiger partial charge < -0.3 is 14.7 Å². The van der Waals surface area contributed by atoms with Gasteiger partial charge in [0.2, 0.25) is 5.88 Å². The van der Waals surface area contributed by atoms with Crippen molar-refractivity contribution in [2.75, 3.05) is 13.1 Å². The van der Waals surface area contributed by atoms with Gasteiger partial charge in [-0.2, -0.15) is 13.2 Å². The molecule has 39 heavy (non-hydrogen) atoms. The quantitative estimate of drug-likeness (QED) is 0.309. The Bertz CT molecular complexity index is 1460. The number of carbonyl (C=O) groups is 2. The smallest absolute Gasteiger partial charge is 0.475 e. The highest BCUT2D eigenvalue weighted by Crippen LogP contribution is 2.34. The van der Waals surface area contributed by atoms with Gasteiger partial charge in [0.25, 0.3) is 11.8 Å². The number of para-hydroxylation sites is 1. The number of rotatable bonds is 4. The zero-order valence-electron chi connectivity index (χ0n) is 19.9. The number of ether oxygens (including phenoxy) is 1. The average Bonchev–Trinajstić information content (AvgIpc) is 3.44. The van der Waals surface area contributed by atoms with Crippen molar-refractivity contribution in [1.29, 1.82) is 0 Å². The number of hydrogen-bond acceptors (Lipinski definition) is 6. The molecule has 1 saturated heterocycles. The highest BCUT2D eigenvalue weighted by atomic mass is 32.1. The molecule has 1 amide bonds. The Labute approximate surface area is 222 Å². The van der Waals surface area contributed by atoms with Gasteiger partial charge >= 0.3 is 12.1 Å². The van der Waals surface area contributed by atoms with E-state index in [1.807, 2.05) is 35.7 Å². The van der Waals surface area contributed by atoms with Gasteiger partial charge in [0.15, 0.2) is 6.10 Å². The molecule has 0 radical (unpaired) electrons. The van der Waals surface area contributed by atoms with Crippen LogP contribution in [0, 0.1) is 0 Å². The van der Waals surface area contributed by atoms with Crippen LogP contribution in [0.5, 0.6) is 5.88 Å². The predicted molar refractivity (Wildman–Crippen MR) is 133 cm³/mol. The predicted octanol–water partition coefficient (Wildman–Crippen LogP) is 5.92. The van der Waals surface area contributed by atoms with E-state index in [4.69, 9.17) is 14.6 Å². The Hall–Kier alpha value is -4.13. The molecule has 1 N–H and O–H groups in total. The molecule has 0 saturated carbocycles. The number of carboxylic acids is 1. The largest absolute Gasteiger partial charge is 0.490 e. The summed E-state index contributed by atoms with van der Waals surface area (Å²) in [6.45, 7) is -0.282. The lowest BCUT2D eigenvalue weighted by Gasteiger charge is -2.38. The molecule has 4 aromatic rings. The first kappa shape index (κ1) is 27.9. The number of amides is 1. The third-order valence-corrected chi connectivity index (χ3v) is 6.56. The van der Waals surface area contributed by atoms with Crippen LogP contribution < -0.4 is 4.74 Å². The number of halogens is 5. The summed E-state index contributed by atoms with van der Waals surface area (Å²) in [6.07, 6.45) is -5.37. The summed E-state index contributed by atoms with van der Waals surface area (Å²) in [7, 11) is 0. The minimum Gasteiger partial charge on any atom is -0.475 e. The number of hydrogen-bond donors (Lipinski definition) is 1. The summed E-state index contributed by atoms with van der Waals surface area (Å²) < 4.78 is 66.8. The van der Waals surface area contributed by atoms with Crippen molar-refractivity contribution in [2.24, 2.45) is 0 Å². The van der Waals surface area contributed by atoms with Crippen LogP contribution in [-0.2, 0) is 4.79 Å². The van der Waals surface area contributed by atoms with Crippen LogP contribution in [0.4, 0.5) is 22.0 Å². The highest BCUT2D eigenvalue weighted by molar-refractivity contribution is 7.13. The lowest BCUT2D eigenvalue weighted by atomic mass is 10.0. The molecule has 1 fully saturated rings. The summed E-state index contributed by atoms with van der Waals surface area (Å²) in [5, 5.41) is 10.6. The van der Waals surface area contributed by atoms with Crippen molar-refractivity contribution in [3.63, 3.8) is 0 Å². The van der Waals surface area contributed by atoms with Gasteiger partial charge in [0.05, 0.1) is 12.1 Å². The number of alkyl halides is 5. The van der Waals surface area contributed by atoms with E-state index in [1.165, 1.54) is 16.2 Å². The number of aliphatic carboxylic acids is 1. The van der Waals surface area contributed by atoms with E-state index >= 15 is 0 Å². The van der Waals surface area contributed by atoms with Crippen molar-refractivity contribution < 1.29 is 41.4 Å². The molecule has 1 aliphatic rings. The molecule has 0 aliphatic carbocycles. The molecule has 2 aromatic carbocycles. The molecule has 7 nitrogen and oxygen atoms in total. The van der Waals surface area contributed by atoms with Crippen LogP contribution >= 0.6 is 11.3 Å². The lowest BCUT2D eigenvalue weighted by molar-refractivity contribution is -0.192. The lowest BCUT2D eigenvalue weighted by Crippen LogP contribution is -2.55. The second-order valence-electron chi connectivity index (χ2n) is 8.40. The summed E-state index contributed by atoms with van der Waals surface area (Å²) in [5.41, 5.74) is 1.79. The summed E-state index contributed by atoms with van der Waals surface area (Å²) in [6, 6.07) is 17.9. The minimum atomic E-state index is -5.08. The first-order chi connectivity index (χ1) is 18.5. The molecule has 13 heteroatoms. The van der Waals surface area contributed by atoms with Gasteiger partial charge in [-0.05, 0) is 18.2 Å². The molecule has 1 atom stereocenters. The third-order valence-electron chi connectivity index (χ3n) is 5.76. The first-order valence-electron chi connectivity index (χ1n) is 11.4. The third kappa shape index (κ3) is 6.66. The Kier molecular flexibility index (Phi) is 8.09. The number of nitrogens with zero attached hydrogens (tertiary/aromatic N) is 3. The number of aromatic nitrogens is 2. The number of piperidine rings is 1. The molecule has 0 spiro atoms. The van der Waals surface area contributed by atoms with E-state index in [2.05, 4.69) is 9.97 Å². The summed E-state index contributed by atoms with van der Waals surface area (Å²) >= 11 is 1.42. The van der Waals surface area contributed by atoms with Crippen molar-refractivity contribution in [3.05, 3.63) is 77.8 Å². The monoisotopic (exact) mass is 565 g/mol. The Morgan fingerprint density at radius 3 is 2.44 bits per heavy atom. The van der Waals surface area contributed by atoms with E-state index in [0.29, 0.717) is 21.7 Å². The SMILES string of the molecule is O=C(O)C(F)(F)F.O=C(c1ccccc1-c1nccs1)N1CCC(F)(F)C(Oc2ccc3ccccc3n2)C1. The fourth-order valence-corrected chi connectivity index (χ4v) is 4.50. The zero-order chi connectivity index (χ0) is 28.2. The highest BCUT2D eigenvalue weighted by Gasteiger charge is 2.47. The number of thiazole rings is 1. The standard InChI is InChI=1S/C24H19F2N3O2S.C2HF3O2/c25-24(26)11-13-29(23(30)18-7-3-2-6-17(18)22-27-12-14-32-22)15-20(24)31-21-10-9-16-5-1-4-8-19(16)28-21;3-2(4,5)1(6)7/h1-10,12,14,20H,11,13,15H2;(H,6,7). The van der Waals surface area contributed by atoms with Gasteiger partial charge in [-0.3, -0.25) is 4.79 Å². The number of carbonyl (C=O) groups excluding carboxylic acids is 1. The maximum absolute atomic E-state index is 14.7. The Balaban J connectivity index is 0.000000448. The molecule has 204 valence electrons. The Morgan fingerprint density at radius 2 is 1.74 bits per heavy atom. The van der Waals surface area contributed by atoms with Crippen LogP contribution in [0.15, 0.2) is 72.2 Å².